The molecule has 0 aliphatic carbocycles. The summed E-state index contributed by atoms with van der Waals surface area (Å²) in [5.41, 5.74) is 3.70. The number of halogens is 2. The van der Waals surface area contributed by atoms with Crippen LogP contribution in [0.5, 0.6) is 5.75 Å². The van der Waals surface area contributed by atoms with Crippen molar-refractivity contribution in [3.8, 4) is 5.75 Å². The highest BCUT2D eigenvalue weighted by atomic mass is 79.9. The molecule has 0 heterocycles. The number of nitrogens with one attached hydrogen (secondary N) is 1. The van der Waals surface area contributed by atoms with Gasteiger partial charge in [0.25, 0.3) is 0 Å². The normalized spacial score (nSPS) is 12.2. The maximum absolute atomic E-state index is 5.48. The summed E-state index contributed by atoms with van der Waals surface area (Å²) in [6.45, 7) is 2.11. The lowest BCUT2D eigenvalue weighted by Crippen LogP contribution is -2.19. The molecule has 2 nitrogen and oxygen atoms in total. The molecule has 1 N–H and O–H groups in total. The zero-order valence-electron chi connectivity index (χ0n) is 12.4. The summed E-state index contributed by atoms with van der Waals surface area (Å²) in [4.78, 5) is 0. The maximum atomic E-state index is 5.48. The molecule has 0 saturated carbocycles. The highest BCUT2D eigenvalue weighted by molar-refractivity contribution is 9.10. The molecule has 2 rings (SSSR count). The summed E-state index contributed by atoms with van der Waals surface area (Å²) in [7, 11) is 3.70. The minimum atomic E-state index is 0.225. The van der Waals surface area contributed by atoms with Gasteiger partial charge in [-0.3, -0.25) is 0 Å². The summed E-state index contributed by atoms with van der Waals surface area (Å²) in [5, 5.41) is 3.40. The van der Waals surface area contributed by atoms with E-state index in [0.717, 1.165) is 21.1 Å². The number of hydrogen-bond donors (Lipinski definition) is 1. The molecule has 2 aromatic carbocycles. The van der Waals surface area contributed by atoms with E-state index in [0.29, 0.717) is 0 Å². The second-order valence-corrected chi connectivity index (χ2v) is 6.80. The lowest BCUT2D eigenvalue weighted by atomic mass is 9.97. The third-order valence-electron chi connectivity index (χ3n) is 3.54. The molecule has 2 aromatic rings. The average Bonchev–Trinajstić information content (AvgIpc) is 2.47. The van der Waals surface area contributed by atoms with Gasteiger partial charge in [0.15, 0.2) is 0 Å². The minimum Gasteiger partial charge on any atom is -0.496 e. The van der Waals surface area contributed by atoms with Gasteiger partial charge < -0.3 is 10.1 Å². The van der Waals surface area contributed by atoms with E-state index in [1.54, 1.807) is 7.11 Å². The van der Waals surface area contributed by atoms with E-state index in [1.165, 1.54) is 16.7 Å². The Morgan fingerprint density at radius 1 is 1.14 bits per heavy atom. The van der Waals surface area contributed by atoms with Crippen LogP contribution in [0.15, 0.2) is 45.3 Å². The molecule has 0 fully saturated rings. The van der Waals surface area contributed by atoms with Crippen molar-refractivity contribution in [3.05, 3.63) is 62.0 Å². The zero-order chi connectivity index (χ0) is 15.4. The first-order valence-corrected chi connectivity index (χ1v) is 8.39. The van der Waals surface area contributed by atoms with Gasteiger partial charge in [0.05, 0.1) is 7.11 Å². The molecule has 1 atom stereocenters. The fourth-order valence-corrected chi connectivity index (χ4v) is 3.36. The van der Waals surface area contributed by atoms with E-state index in [-0.39, 0.29) is 6.04 Å². The Balaban J connectivity index is 2.35. The molecule has 0 saturated heterocycles. The molecule has 0 aliphatic rings. The topological polar surface area (TPSA) is 21.3 Å². The minimum absolute atomic E-state index is 0.225. The van der Waals surface area contributed by atoms with Gasteiger partial charge in [-0.15, -0.1) is 0 Å². The van der Waals surface area contributed by atoms with Crippen molar-refractivity contribution in [2.75, 3.05) is 14.2 Å². The summed E-state index contributed by atoms with van der Waals surface area (Å²) in [6.07, 6.45) is 0.862. The lowest BCUT2D eigenvalue weighted by molar-refractivity contribution is 0.406. The number of likely N-dealkylation sites (N-methyl/N-ethyl adjacent to an activating group) is 1. The van der Waals surface area contributed by atoms with Crippen molar-refractivity contribution < 1.29 is 4.74 Å². The van der Waals surface area contributed by atoms with Crippen LogP contribution in [-0.2, 0) is 6.42 Å². The molecular formula is C17H19Br2NO. The number of ether oxygens (including phenoxy) is 1. The maximum Gasteiger partial charge on any atom is 0.122 e. The standard InChI is InChI=1S/C17H19Br2NO/c1-11-4-6-15(19)14(8-11)16(20-2)10-12-9-13(18)5-7-17(12)21-3/h4-9,16,20H,10H2,1-3H3. The van der Waals surface area contributed by atoms with Crippen molar-refractivity contribution in [1.82, 2.24) is 5.32 Å². The summed E-state index contributed by atoms with van der Waals surface area (Å²) >= 11 is 7.19. The van der Waals surface area contributed by atoms with E-state index in [2.05, 4.69) is 68.4 Å². The predicted octanol–water partition coefficient (Wildman–Crippen LogP) is 5.03. The van der Waals surface area contributed by atoms with Gasteiger partial charge in [0, 0.05) is 15.0 Å². The van der Waals surface area contributed by atoms with Crippen LogP contribution in [0.1, 0.15) is 22.7 Å². The van der Waals surface area contributed by atoms with Crippen LogP contribution >= 0.6 is 31.9 Å². The average molecular weight is 413 g/mol. The Bertz CT molecular complexity index is 628. The molecule has 0 bridgehead atoms. The molecule has 0 amide bonds. The number of benzene rings is 2. The first kappa shape index (κ1) is 16.5. The van der Waals surface area contributed by atoms with Gasteiger partial charge in [-0.2, -0.15) is 0 Å². The number of rotatable bonds is 5. The van der Waals surface area contributed by atoms with Gasteiger partial charge in [0.2, 0.25) is 0 Å². The van der Waals surface area contributed by atoms with E-state index in [9.17, 15) is 0 Å². The van der Waals surface area contributed by atoms with E-state index in [4.69, 9.17) is 4.74 Å². The molecule has 4 heteroatoms. The van der Waals surface area contributed by atoms with E-state index in [1.807, 2.05) is 19.2 Å². The summed E-state index contributed by atoms with van der Waals surface area (Å²) in [5.74, 6) is 0.919. The fourth-order valence-electron chi connectivity index (χ4n) is 2.42. The predicted molar refractivity (Wildman–Crippen MR) is 95.1 cm³/mol. The van der Waals surface area contributed by atoms with Crippen LogP contribution < -0.4 is 10.1 Å². The molecular weight excluding hydrogens is 394 g/mol. The molecule has 0 spiro atoms. The van der Waals surface area contributed by atoms with Crippen molar-refractivity contribution in [1.29, 1.82) is 0 Å². The van der Waals surface area contributed by atoms with E-state index >= 15 is 0 Å². The molecule has 1 unspecified atom stereocenters. The highest BCUT2D eigenvalue weighted by Gasteiger charge is 2.16. The molecule has 112 valence electrons. The van der Waals surface area contributed by atoms with Gasteiger partial charge in [-0.1, -0.05) is 49.6 Å². The van der Waals surface area contributed by atoms with Crippen LogP contribution in [0.2, 0.25) is 0 Å². The first-order chi connectivity index (χ1) is 10.0. The van der Waals surface area contributed by atoms with Crippen LogP contribution in [0.3, 0.4) is 0 Å². The smallest absolute Gasteiger partial charge is 0.122 e. The molecule has 0 radical (unpaired) electrons. The van der Waals surface area contributed by atoms with Crippen molar-refractivity contribution >= 4 is 31.9 Å². The molecule has 0 aromatic heterocycles. The van der Waals surface area contributed by atoms with Gasteiger partial charge in [-0.05, 0) is 55.8 Å². The fraction of sp³-hybridized carbons (Fsp3) is 0.294. The Labute approximate surface area is 143 Å². The van der Waals surface area contributed by atoms with Gasteiger partial charge >= 0.3 is 0 Å². The monoisotopic (exact) mass is 411 g/mol. The first-order valence-electron chi connectivity index (χ1n) is 6.81. The Kier molecular flexibility index (Phi) is 5.85. The SMILES string of the molecule is CNC(Cc1cc(Br)ccc1OC)c1cc(C)ccc1Br. The van der Waals surface area contributed by atoms with Crippen molar-refractivity contribution in [3.63, 3.8) is 0 Å². The second kappa shape index (κ2) is 7.43. The Morgan fingerprint density at radius 2 is 1.90 bits per heavy atom. The van der Waals surface area contributed by atoms with Crippen molar-refractivity contribution in [2.45, 2.75) is 19.4 Å². The third kappa shape index (κ3) is 4.09. The van der Waals surface area contributed by atoms with Gasteiger partial charge in [-0.25, -0.2) is 0 Å². The number of methoxy groups -OCH3 is 1. The van der Waals surface area contributed by atoms with Crippen LogP contribution in [0, 0.1) is 6.92 Å². The molecule has 21 heavy (non-hydrogen) atoms. The quantitative estimate of drug-likeness (QED) is 0.743. The Hall–Kier alpha value is -0.840. The second-order valence-electron chi connectivity index (χ2n) is 5.03. The summed E-state index contributed by atoms with van der Waals surface area (Å²) < 4.78 is 7.67. The largest absolute Gasteiger partial charge is 0.496 e. The van der Waals surface area contributed by atoms with Gasteiger partial charge in [0.1, 0.15) is 5.75 Å². The van der Waals surface area contributed by atoms with Crippen LogP contribution in [0.4, 0.5) is 0 Å². The lowest BCUT2D eigenvalue weighted by Gasteiger charge is -2.20. The zero-order valence-corrected chi connectivity index (χ0v) is 15.6. The number of aryl methyl sites for hydroxylation is 1. The van der Waals surface area contributed by atoms with Crippen molar-refractivity contribution in [2.24, 2.45) is 0 Å². The third-order valence-corrected chi connectivity index (χ3v) is 4.76. The van der Waals surface area contributed by atoms with E-state index < -0.39 is 0 Å². The molecule has 0 aliphatic heterocycles. The highest BCUT2D eigenvalue weighted by Crippen LogP contribution is 2.31. The van der Waals surface area contributed by atoms with Crippen LogP contribution in [-0.4, -0.2) is 14.2 Å². The van der Waals surface area contributed by atoms with Crippen LogP contribution in [0.25, 0.3) is 0 Å². The number of hydrogen-bond acceptors (Lipinski definition) is 2. The summed E-state index contributed by atoms with van der Waals surface area (Å²) in [6, 6.07) is 12.8. The Morgan fingerprint density at radius 3 is 2.57 bits per heavy atom.